The molecule has 1 aromatic heterocycles. The number of hydrogen-bond donors (Lipinski definition) is 2. The first-order chi connectivity index (χ1) is 11.3. The van der Waals surface area contributed by atoms with Gasteiger partial charge in [-0.15, -0.1) is 0 Å². The summed E-state index contributed by atoms with van der Waals surface area (Å²) in [5, 5.41) is 9.98. The molecule has 8 heteroatoms. The molecule has 0 spiro atoms. The van der Waals surface area contributed by atoms with E-state index in [0.717, 1.165) is 6.54 Å². The van der Waals surface area contributed by atoms with Crippen LogP contribution < -0.4 is 15.4 Å². The summed E-state index contributed by atoms with van der Waals surface area (Å²) in [4.78, 5) is 16.0. The van der Waals surface area contributed by atoms with E-state index >= 15 is 0 Å². The van der Waals surface area contributed by atoms with Crippen LogP contribution in [0, 0.1) is 0 Å². The lowest BCUT2D eigenvalue weighted by Crippen LogP contribution is -2.45. The summed E-state index contributed by atoms with van der Waals surface area (Å²) in [6.45, 7) is 2.93. The standard InChI is InChI=1S/C15H19N5O3/c21-15(14-9-16-4-6-23-14)19-12-2-1-3-13(8-12)22-7-5-20-11-17-10-18-20/h1-3,8,10-11,14,16H,4-7,9H2,(H,19,21). The molecule has 2 aromatic rings. The lowest BCUT2D eigenvalue weighted by molar-refractivity contribution is -0.128. The van der Waals surface area contributed by atoms with Crippen LogP contribution >= 0.6 is 0 Å². The Morgan fingerprint density at radius 3 is 3.26 bits per heavy atom. The van der Waals surface area contributed by atoms with Crippen LogP contribution in [0.25, 0.3) is 0 Å². The van der Waals surface area contributed by atoms with E-state index in [-0.39, 0.29) is 5.91 Å². The van der Waals surface area contributed by atoms with E-state index in [2.05, 4.69) is 20.7 Å². The topological polar surface area (TPSA) is 90.3 Å². The molecule has 0 radical (unpaired) electrons. The molecule has 0 aliphatic carbocycles. The number of carbonyl (C=O) groups excluding carboxylic acids is 1. The van der Waals surface area contributed by atoms with Crippen LogP contribution in [0.1, 0.15) is 0 Å². The highest BCUT2D eigenvalue weighted by Gasteiger charge is 2.21. The zero-order chi connectivity index (χ0) is 15.9. The zero-order valence-electron chi connectivity index (χ0n) is 12.6. The van der Waals surface area contributed by atoms with Gasteiger partial charge >= 0.3 is 0 Å². The van der Waals surface area contributed by atoms with E-state index in [1.54, 1.807) is 17.1 Å². The first kappa shape index (κ1) is 15.4. The van der Waals surface area contributed by atoms with E-state index in [0.29, 0.717) is 37.7 Å². The number of nitrogens with zero attached hydrogens (tertiary/aromatic N) is 3. The van der Waals surface area contributed by atoms with E-state index in [4.69, 9.17) is 9.47 Å². The molecule has 23 heavy (non-hydrogen) atoms. The SMILES string of the molecule is O=C(Nc1cccc(OCCn2cncn2)c1)C1CNCCO1. The van der Waals surface area contributed by atoms with Gasteiger partial charge in [-0.1, -0.05) is 6.07 Å². The Bertz CT molecular complexity index is 626. The minimum atomic E-state index is -0.458. The number of amides is 1. The molecule has 0 saturated carbocycles. The van der Waals surface area contributed by atoms with E-state index in [9.17, 15) is 4.79 Å². The van der Waals surface area contributed by atoms with Crippen molar-refractivity contribution in [3.05, 3.63) is 36.9 Å². The van der Waals surface area contributed by atoms with Gasteiger partial charge in [0.25, 0.3) is 5.91 Å². The number of anilines is 1. The molecule has 1 saturated heterocycles. The summed E-state index contributed by atoms with van der Waals surface area (Å²) >= 11 is 0. The van der Waals surface area contributed by atoms with Crippen LogP contribution in [0.15, 0.2) is 36.9 Å². The van der Waals surface area contributed by atoms with Crippen molar-refractivity contribution in [1.29, 1.82) is 0 Å². The fourth-order valence-electron chi connectivity index (χ4n) is 2.23. The number of ether oxygens (including phenoxy) is 2. The smallest absolute Gasteiger partial charge is 0.254 e. The number of nitrogens with one attached hydrogen (secondary N) is 2. The van der Waals surface area contributed by atoms with E-state index < -0.39 is 6.10 Å². The molecule has 2 N–H and O–H groups in total. The van der Waals surface area contributed by atoms with Gasteiger partial charge in [0, 0.05) is 24.8 Å². The highest BCUT2D eigenvalue weighted by Crippen LogP contribution is 2.18. The molecular weight excluding hydrogens is 298 g/mol. The molecule has 1 aliphatic rings. The second-order valence-electron chi connectivity index (χ2n) is 5.09. The quantitative estimate of drug-likeness (QED) is 0.795. The lowest BCUT2D eigenvalue weighted by Gasteiger charge is -2.22. The molecule has 8 nitrogen and oxygen atoms in total. The second kappa shape index (κ2) is 7.70. The van der Waals surface area contributed by atoms with Gasteiger partial charge in [-0.3, -0.25) is 4.79 Å². The normalized spacial score (nSPS) is 17.7. The van der Waals surface area contributed by atoms with Gasteiger partial charge in [0.05, 0.1) is 13.2 Å². The van der Waals surface area contributed by atoms with Gasteiger partial charge in [0.15, 0.2) is 0 Å². The predicted molar refractivity (Wildman–Crippen MR) is 83.2 cm³/mol. The Morgan fingerprint density at radius 2 is 2.48 bits per heavy atom. The van der Waals surface area contributed by atoms with Crippen LogP contribution in [-0.2, 0) is 16.1 Å². The minimum Gasteiger partial charge on any atom is -0.492 e. The molecule has 1 amide bonds. The molecule has 3 rings (SSSR count). The Labute approximate surface area is 133 Å². The second-order valence-corrected chi connectivity index (χ2v) is 5.09. The van der Waals surface area contributed by atoms with Crippen molar-refractivity contribution < 1.29 is 14.3 Å². The lowest BCUT2D eigenvalue weighted by atomic mass is 10.2. The van der Waals surface area contributed by atoms with Gasteiger partial charge in [0.1, 0.15) is 31.1 Å². The highest BCUT2D eigenvalue weighted by atomic mass is 16.5. The monoisotopic (exact) mass is 317 g/mol. The van der Waals surface area contributed by atoms with Crippen molar-refractivity contribution in [2.45, 2.75) is 12.6 Å². The zero-order valence-corrected chi connectivity index (χ0v) is 12.6. The van der Waals surface area contributed by atoms with Crippen LogP contribution in [0.5, 0.6) is 5.75 Å². The maximum absolute atomic E-state index is 12.1. The number of carbonyl (C=O) groups is 1. The van der Waals surface area contributed by atoms with Crippen molar-refractivity contribution >= 4 is 11.6 Å². The molecule has 1 atom stereocenters. The molecule has 1 aromatic carbocycles. The Kier molecular flexibility index (Phi) is 5.17. The maximum Gasteiger partial charge on any atom is 0.254 e. The largest absolute Gasteiger partial charge is 0.492 e. The summed E-state index contributed by atoms with van der Waals surface area (Å²) in [7, 11) is 0. The third-order valence-electron chi connectivity index (χ3n) is 3.38. The fourth-order valence-corrected chi connectivity index (χ4v) is 2.23. The number of aromatic nitrogens is 3. The summed E-state index contributed by atoms with van der Waals surface area (Å²) in [6.07, 6.45) is 2.66. The summed E-state index contributed by atoms with van der Waals surface area (Å²) < 4.78 is 12.8. The number of hydrogen-bond acceptors (Lipinski definition) is 6. The van der Waals surface area contributed by atoms with Gasteiger partial charge in [-0.2, -0.15) is 5.10 Å². The molecule has 1 aliphatic heterocycles. The van der Waals surface area contributed by atoms with Crippen LogP contribution in [0.4, 0.5) is 5.69 Å². The molecule has 1 unspecified atom stereocenters. The number of benzene rings is 1. The van der Waals surface area contributed by atoms with Crippen molar-refractivity contribution in [3.63, 3.8) is 0 Å². The van der Waals surface area contributed by atoms with Crippen molar-refractivity contribution in [3.8, 4) is 5.75 Å². The Hall–Kier alpha value is -2.45. The van der Waals surface area contributed by atoms with Crippen LogP contribution in [0.3, 0.4) is 0 Å². The third kappa shape index (κ3) is 4.51. The minimum absolute atomic E-state index is 0.156. The summed E-state index contributed by atoms with van der Waals surface area (Å²) in [6, 6.07) is 7.28. The summed E-state index contributed by atoms with van der Waals surface area (Å²) in [5.41, 5.74) is 0.683. The first-order valence-electron chi connectivity index (χ1n) is 7.50. The van der Waals surface area contributed by atoms with Crippen molar-refractivity contribution in [2.75, 3.05) is 31.6 Å². The van der Waals surface area contributed by atoms with Crippen LogP contribution in [-0.4, -0.2) is 53.1 Å². The van der Waals surface area contributed by atoms with Gasteiger partial charge in [-0.05, 0) is 12.1 Å². The molecule has 0 bridgehead atoms. The van der Waals surface area contributed by atoms with Gasteiger partial charge < -0.3 is 20.1 Å². The van der Waals surface area contributed by atoms with Crippen LogP contribution in [0.2, 0.25) is 0 Å². The Morgan fingerprint density at radius 1 is 1.52 bits per heavy atom. The first-order valence-corrected chi connectivity index (χ1v) is 7.50. The number of rotatable bonds is 6. The predicted octanol–water partition coefficient (Wildman–Crippen LogP) is 0.284. The number of morpholine rings is 1. The molecular formula is C15H19N5O3. The highest BCUT2D eigenvalue weighted by molar-refractivity contribution is 5.94. The fraction of sp³-hybridized carbons (Fsp3) is 0.400. The van der Waals surface area contributed by atoms with Crippen molar-refractivity contribution in [1.82, 2.24) is 20.1 Å². The maximum atomic E-state index is 12.1. The average molecular weight is 317 g/mol. The van der Waals surface area contributed by atoms with Crippen molar-refractivity contribution in [2.24, 2.45) is 0 Å². The molecule has 122 valence electrons. The van der Waals surface area contributed by atoms with E-state index in [1.807, 2.05) is 18.2 Å². The summed E-state index contributed by atoms with van der Waals surface area (Å²) in [5.74, 6) is 0.530. The third-order valence-corrected chi connectivity index (χ3v) is 3.38. The average Bonchev–Trinajstić information content (AvgIpc) is 3.09. The van der Waals surface area contributed by atoms with Gasteiger partial charge in [-0.25, -0.2) is 9.67 Å². The van der Waals surface area contributed by atoms with Gasteiger partial charge in [0.2, 0.25) is 0 Å². The Balaban J connectivity index is 1.51. The molecule has 1 fully saturated rings. The molecule has 2 heterocycles. The van der Waals surface area contributed by atoms with E-state index in [1.165, 1.54) is 6.33 Å².